The molecule has 1 aliphatic rings. The summed E-state index contributed by atoms with van der Waals surface area (Å²) >= 11 is 0. The Morgan fingerprint density at radius 3 is 2.83 bits per heavy atom. The van der Waals surface area contributed by atoms with Crippen LogP contribution in [0, 0.1) is 0 Å². The van der Waals surface area contributed by atoms with Crippen LogP contribution in [0.1, 0.15) is 38.0 Å². The van der Waals surface area contributed by atoms with Crippen LogP contribution < -0.4 is 5.32 Å². The lowest BCUT2D eigenvalue weighted by atomic mass is 10.0. The maximum Gasteiger partial charge on any atom is 0.0487 e. The Morgan fingerprint density at radius 1 is 1.58 bits per heavy atom. The van der Waals surface area contributed by atoms with E-state index in [0.717, 1.165) is 0 Å². The Bertz CT molecular complexity index is 259. The molecular formula is C10H16N2. The van der Waals surface area contributed by atoms with Crippen LogP contribution in [0.2, 0.25) is 0 Å². The predicted molar refractivity (Wildman–Crippen MR) is 50.2 cm³/mol. The third-order valence-electron chi connectivity index (χ3n) is 2.55. The van der Waals surface area contributed by atoms with Crippen LogP contribution in [-0.4, -0.2) is 11.1 Å². The molecule has 0 unspecified atom stereocenters. The van der Waals surface area contributed by atoms with Gasteiger partial charge in [0.05, 0.1) is 0 Å². The average molecular weight is 164 g/mol. The van der Waals surface area contributed by atoms with Crippen molar-refractivity contribution in [2.24, 2.45) is 0 Å². The van der Waals surface area contributed by atoms with Crippen LogP contribution in [0.3, 0.4) is 0 Å². The van der Waals surface area contributed by atoms with E-state index in [-0.39, 0.29) is 0 Å². The molecule has 0 spiro atoms. The minimum atomic E-state index is 0.581. The summed E-state index contributed by atoms with van der Waals surface area (Å²) in [5, 5.41) is 3.42. The van der Waals surface area contributed by atoms with Gasteiger partial charge in [-0.3, -0.25) is 0 Å². The summed E-state index contributed by atoms with van der Waals surface area (Å²) in [6.07, 6.45) is 3.46. The van der Waals surface area contributed by atoms with E-state index in [1.54, 1.807) is 0 Å². The lowest BCUT2D eigenvalue weighted by Gasteiger charge is -2.29. The molecule has 0 amide bonds. The molecule has 2 nitrogen and oxygen atoms in total. The smallest absolute Gasteiger partial charge is 0.0487 e. The van der Waals surface area contributed by atoms with E-state index in [4.69, 9.17) is 0 Å². The first-order chi connectivity index (χ1) is 5.79. The van der Waals surface area contributed by atoms with Gasteiger partial charge in [0, 0.05) is 24.0 Å². The lowest BCUT2D eigenvalue weighted by Crippen LogP contribution is -2.36. The van der Waals surface area contributed by atoms with Crippen molar-refractivity contribution >= 4 is 0 Å². The highest BCUT2D eigenvalue weighted by Gasteiger charge is 2.21. The first-order valence-electron chi connectivity index (χ1n) is 4.69. The molecule has 12 heavy (non-hydrogen) atoms. The number of rotatable bonds is 2. The van der Waals surface area contributed by atoms with Crippen molar-refractivity contribution in [2.45, 2.75) is 32.4 Å². The van der Waals surface area contributed by atoms with Crippen LogP contribution in [0.5, 0.6) is 0 Å². The molecule has 1 aromatic heterocycles. The molecule has 0 bridgehead atoms. The molecule has 1 atom stereocenters. The van der Waals surface area contributed by atoms with Crippen LogP contribution in [0.15, 0.2) is 18.3 Å². The molecule has 0 saturated carbocycles. The largest absolute Gasteiger partial charge is 0.347 e. The fourth-order valence-electron chi connectivity index (χ4n) is 1.71. The van der Waals surface area contributed by atoms with Crippen molar-refractivity contribution < 1.29 is 0 Å². The zero-order valence-electron chi connectivity index (χ0n) is 7.75. The highest BCUT2D eigenvalue weighted by molar-refractivity contribution is 5.15. The second-order valence-corrected chi connectivity index (χ2v) is 3.73. The van der Waals surface area contributed by atoms with Gasteiger partial charge < -0.3 is 9.88 Å². The van der Waals surface area contributed by atoms with Crippen molar-refractivity contribution in [3.05, 3.63) is 24.0 Å². The molecule has 1 aromatic rings. The molecule has 1 aliphatic heterocycles. The molecule has 1 saturated heterocycles. The highest BCUT2D eigenvalue weighted by atomic mass is 15.1. The molecular weight excluding hydrogens is 148 g/mol. The molecule has 2 heterocycles. The molecule has 0 aromatic carbocycles. The van der Waals surface area contributed by atoms with Crippen molar-refractivity contribution in [1.29, 1.82) is 0 Å². The number of hydrogen-bond acceptors (Lipinski definition) is 1. The van der Waals surface area contributed by atoms with Gasteiger partial charge in [-0.25, -0.2) is 0 Å². The van der Waals surface area contributed by atoms with Gasteiger partial charge in [0.1, 0.15) is 0 Å². The summed E-state index contributed by atoms with van der Waals surface area (Å²) in [5.41, 5.74) is 1.44. The normalized spacial score (nSPS) is 22.8. The number of aromatic nitrogens is 1. The number of nitrogens with one attached hydrogen (secondary N) is 1. The van der Waals surface area contributed by atoms with Gasteiger partial charge in [0.15, 0.2) is 0 Å². The van der Waals surface area contributed by atoms with Crippen molar-refractivity contribution in [3.8, 4) is 0 Å². The maximum atomic E-state index is 3.42. The van der Waals surface area contributed by atoms with E-state index in [9.17, 15) is 0 Å². The van der Waals surface area contributed by atoms with E-state index in [2.05, 4.69) is 42.1 Å². The Labute approximate surface area is 73.6 Å². The Kier molecular flexibility index (Phi) is 1.93. The standard InChI is InChI=1S/C10H16N2/c1-8(2)12-7-3-4-10(12)9-5-6-11-9/h3-4,7-9,11H,5-6H2,1-2H3/t9-/m1/s1. The van der Waals surface area contributed by atoms with Gasteiger partial charge in [-0.15, -0.1) is 0 Å². The SMILES string of the molecule is CC(C)n1cccc1[C@H]1CCN1. The summed E-state index contributed by atoms with van der Waals surface area (Å²) in [5.74, 6) is 0. The molecule has 66 valence electrons. The molecule has 0 radical (unpaired) electrons. The Balaban J connectivity index is 2.23. The molecule has 1 N–H and O–H groups in total. The van der Waals surface area contributed by atoms with Crippen LogP contribution in [0.4, 0.5) is 0 Å². The van der Waals surface area contributed by atoms with Crippen molar-refractivity contribution in [2.75, 3.05) is 6.54 Å². The summed E-state index contributed by atoms with van der Waals surface area (Å²) in [7, 11) is 0. The van der Waals surface area contributed by atoms with Gasteiger partial charge in [-0.1, -0.05) is 0 Å². The average Bonchev–Trinajstić information content (AvgIpc) is 2.31. The second kappa shape index (κ2) is 2.94. The summed E-state index contributed by atoms with van der Waals surface area (Å²) in [6, 6.07) is 5.55. The summed E-state index contributed by atoms with van der Waals surface area (Å²) in [4.78, 5) is 0. The second-order valence-electron chi connectivity index (χ2n) is 3.73. The van der Waals surface area contributed by atoms with Gasteiger partial charge in [-0.05, 0) is 38.9 Å². The van der Waals surface area contributed by atoms with Gasteiger partial charge in [-0.2, -0.15) is 0 Å². The molecule has 2 heteroatoms. The topological polar surface area (TPSA) is 17.0 Å². The first-order valence-corrected chi connectivity index (χ1v) is 4.69. The zero-order chi connectivity index (χ0) is 8.55. The number of nitrogens with zero attached hydrogens (tertiary/aromatic N) is 1. The predicted octanol–water partition coefficient (Wildman–Crippen LogP) is 2.10. The molecule has 0 aliphatic carbocycles. The third kappa shape index (κ3) is 1.16. The molecule has 2 rings (SSSR count). The quantitative estimate of drug-likeness (QED) is 0.708. The highest BCUT2D eigenvalue weighted by Crippen LogP contribution is 2.25. The number of hydrogen-bond donors (Lipinski definition) is 1. The van der Waals surface area contributed by atoms with E-state index in [1.807, 2.05) is 0 Å². The van der Waals surface area contributed by atoms with Crippen molar-refractivity contribution in [3.63, 3.8) is 0 Å². The fraction of sp³-hybridized carbons (Fsp3) is 0.600. The van der Waals surface area contributed by atoms with E-state index < -0.39 is 0 Å². The van der Waals surface area contributed by atoms with Gasteiger partial charge in [0.2, 0.25) is 0 Å². The first kappa shape index (κ1) is 7.87. The van der Waals surface area contributed by atoms with Crippen LogP contribution in [-0.2, 0) is 0 Å². The van der Waals surface area contributed by atoms with Gasteiger partial charge >= 0.3 is 0 Å². The Hall–Kier alpha value is -0.760. The lowest BCUT2D eigenvalue weighted by molar-refractivity contribution is 0.356. The van der Waals surface area contributed by atoms with Crippen molar-refractivity contribution in [1.82, 2.24) is 9.88 Å². The van der Waals surface area contributed by atoms with Gasteiger partial charge in [0.25, 0.3) is 0 Å². The summed E-state index contributed by atoms with van der Waals surface area (Å²) in [6.45, 7) is 5.62. The molecule has 1 fully saturated rings. The third-order valence-corrected chi connectivity index (χ3v) is 2.55. The fourth-order valence-corrected chi connectivity index (χ4v) is 1.71. The van der Waals surface area contributed by atoms with Crippen LogP contribution in [0.25, 0.3) is 0 Å². The minimum absolute atomic E-state index is 0.581. The Morgan fingerprint density at radius 2 is 2.33 bits per heavy atom. The zero-order valence-corrected chi connectivity index (χ0v) is 7.75. The van der Waals surface area contributed by atoms with Crippen LogP contribution >= 0.6 is 0 Å². The van der Waals surface area contributed by atoms with E-state index in [1.165, 1.54) is 18.7 Å². The minimum Gasteiger partial charge on any atom is -0.347 e. The maximum absolute atomic E-state index is 3.42. The van der Waals surface area contributed by atoms with E-state index in [0.29, 0.717) is 12.1 Å². The van der Waals surface area contributed by atoms with E-state index >= 15 is 0 Å². The summed E-state index contributed by atoms with van der Waals surface area (Å²) < 4.78 is 2.34. The monoisotopic (exact) mass is 164 g/mol.